The van der Waals surface area contributed by atoms with E-state index in [9.17, 15) is 15.3 Å². The molecule has 33 heavy (non-hydrogen) atoms. The highest BCUT2D eigenvalue weighted by molar-refractivity contribution is 5.26. The minimum atomic E-state index is -0.558. The van der Waals surface area contributed by atoms with E-state index in [0.29, 0.717) is 29.6 Å². The first kappa shape index (κ1) is 24.3. The third-order valence-electron chi connectivity index (χ3n) is 13.7. The van der Waals surface area contributed by atoms with Crippen molar-refractivity contribution < 1.29 is 15.3 Å². The maximum absolute atomic E-state index is 11.7. The summed E-state index contributed by atoms with van der Waals surface area (Å²) in [5.74, 6) is 2.44. The zero-order valence-electron chi connectivity index (χ0n) is 22.5. The van der Waals surface area contributed by atoms with Crippen molar-refractivity contribution in [1.82, 2.24) is 0 Å². The molecular formula is C30H50O3. The largest absolute Gasteiger partial charge is 0.393 e. The van der Waals surface area contributed by atoms with Crippen LogP contribution in [-0.4, -0.2) is 33.6 Å². The van der Waals surface area contributed by atoms with E-state index in [0.717, 1.165) is 19.3 Å². The molecule has 4 saturated carbocycles. The number of allylic oxidation sites excluding steroid dienone is 1. The van der Waals surface area contributed by atoms with Crippen molar-refractivity contribution in [3.63, 3.8) is 0 Å². The van der Waals surface area contributed by atoms with Crippen LogP contribution < -0.4 is 0 Å². The van der Waals surface area contributed by atoms with Gasteiger partial charge in [-0.15, -0.1) is 0 Å². The smallest absolute Gasteiger partial charge is 0.0804 e. The molecule has 0 saturated heterocycles. The second-order valence-corrected chi connectivity index (χ2v) is 14.8. The maximum Gasteiger partial charge on any atom is 0.0804 e. The SMILES string of the molecule is CC1=C[C@H](O)[C@@]2(C)C(C1C)C1CCC3[C@@]4(C)CC[C@H](O)C(C)(C)C4CC[C@@]3(C)[C@]1(C)C[C@@H]2O. The molecule has 12 atom stereocenters. The molecule has 0 aromatic rings. The Labute approximate surface area is 202 Å². The summed E-state index contributed by atoms with van der Waals surface area (Å²) in [6, 6.07) is 0. The van der Waals surface area contributed by atoms with E-state index in [1.165, 1.54) is 31.3 Å². The Balaban J connectivity index is 1.59. The average Bonchev–Trinajstić information content (AvgIpc) is 2.71. The van der Waals surface area contributed by atoms with Gasteiger partial charge in [0.2, 0.25) is 0 Å². The fourth-order valence-corrected chi connectivity index (χ4v) is 11.3. The number of aliphatic hydroxyl groups is 3. The third-order valence-corrected chi connectivity index (χ3v) is 13.7. The molecule has 0 bridgehead atoms. The maximum atomic E-state index is 11.7. The van der Waals surface area contributed by atoms with Crippen LogP contribution in [0.1, 0.15) is 100 Å². The van der Waals surface area contributed by atoms with Crippen molar-refractivity contribution in [1.29, 1.82) is 0 Å². The lowest BCUT2D eigenvalue weighted by Gasteiger charge is -2.74. The molecule has 0 radical (unpaired) electrons. The zero-order chi connectivity index (χ0) is 24.4. The highest BCUT2D eigenvalue weighted by atomic mass is 16.3. The van der Waals surface area contributed by atoms with E-state index in [1.54, 1.807) is 0 Å². The van der Waals surface area contributed by atoms with Crippen molar-refractivity contribution in [3.8, 4) is 0 Å². The molecule has 188 valence electrons. The summed E-state index contributed by atoms with van der Waals surface area (Å²) in [7, 11) is 0. The second kappa shape index (κ2) is 7.10. The van der Waals surface area contributed by atoms with Crippen LogP contribution in [0, 0.1) is 56.7 Å². The van der Waals surface area contributed by atoms with Crippen LogP contribution in [-0.2, 0) is 0 Å². The van der Waals surface area contributed by atoms with E-state index in [4.69, 9.17) is 0 Å². The van der Waals surface area contributed by atoms with Crippen LogP contribution in [0.3, 0.4) is 0 Å². The summed E-state index contributed by atoms with van der Waals surface area (Å²) in [6.45, 7) is 19.0. The first-order valence-corrected chi connectivity index (χ1v) is 13.9. The van der Waals surface area contributed by atoms with Crippen molar-refractivity contribution in [2.24, 2.45) is 56.7 Å². The molecule has 0 heterocycles. The summed E-state index contributed by atoms with van der Waals surface area (Å²) >= 11 is 0. The molecule has 0 amide bonds. The van der Waals surface area contributed by atoms with Gasteiger partial charge in [0.15, 0.2) is 0 Å². The van der Waals surface area contributed by atoms with Crippen LogP contribution in [0.25, 0.3) is 0 Å². The van der Waals surface area contributed by atoms with Crippen LogP contribution in [0.15, 0.2) is 11.6 Å². The average molecular weight is 459 g/mol. The van der Waals surface area contributed by atoms with E-state index >= 15 is 0 Å². The molecule has 5 aliphatic carbocycles. The molecule has 5 aliphatic rings. The van der Waals surface area contributed by atoms with Gasteiger partial charge in [0.05, 0.1) is 18.3 Å². The summed E-state index contributed by atoms with van der Waals surface area (Å²) < 4.78 is 0. The zero-order valence-corrected chi connectivity index (χ0v) is 22.5. The van der Waals surface area contributed by atoms with E-state index in [1.807, 2.05) is 6.08 Å². The van der Waals surface area contributed by atoms with Gasteiger partial charge in [0, 0.05) is 5.41 Å². The lowest BCUT2D eigenvalue weighted by Crippen LogP contribution is -2.70. The normalized spacial score (nSPS) is 60.0. The second-order valence-electron chi connectivity index (χ2n) is 14.8. The molecule has 3 heteroatoms. The summed E-state index contributed by atoms with van der Waals surface area (Å²) in [4.78, 5) is 0. The molecular weight excluding hydrogens is 408 g/mol. The molecule has 0 aliphatic heterocycles. The van der Waals surface area contributed by atoms with Crippen LogP contribution in [0.4, 0.5) is 0 Å². The Hall–Kier alpha value is -0.380. The Morgan fingerprint density at radius 2 is 1.45 bits per heavy atom. The van der Waals surface area contributed by atoms with Crippen molar-refractivity contribution in [3.05, 3.63) is 11.6 Å². The number of hydrogen-bond donors (Lipinski definition) is 3. The van der Waals surface area contributed by atoms with Gasteiger partial charge in [0.1, 0.15) is 0 Å². The number of hydrogen-bond acceptors (Lipinski definition) is 3. The first-order chi connectivity index (χ1) is 15.2. The van der Waals surface area contributed by atoms with Gasteiger partial charge >= 0.3 is 0 Å². The Kier molecular flexibility index (Phi) is 5.23. The number of fused-ring (bicyclic) bond motifs is 7. The van der Waals surface area contributed by atoms with Gasteiger partial charge in [-0.05, 0) is 103 Å². The predicted molar refractivity (Wildman–Crippen MR) is 133 cm³/mol. The van der Waals surface area contributed by atoms with Crippen molar-refractivity contribution in [2.75, 3.05) is 0 Å². The van der Waals surface area contributed by atoms with Crippen molar-refractivity contribution >= 4 is 0 Å². The fourth-order valence-electron chi connectivity index (χ4n) is 11.3. The molecule has 4 fully saturated rings. The minimum absolute atomic E-state index is 0.0271. The topological polar surface area (TPSA) is 60.7 Å². The molecule has 0 spiro atoms. The summed E-state index contributed by atoms with van der Waals surface area (Å²) in [5.41, 5.74) is 1.32. The van der Waals surface area contributed by atoms with Crippen LogP contribution in [0.5, 0.6) is 0 Å². The quantitative estimate of drug-likeness (QED) is 0.392. The van der Waals surface area contributed by atoms with Gasteiger partial charge in [-0.2, -0.15) is 0 Å². The Morgan fingerprint density at radius 1 is 0.788 bits per heavy atom. The lowest BCUT2D eigenvalue weighted by atomic mass is 9.31. The summed E-state index contributed by atoms with van der Waals surface area (Å²) in [5, 5.41) is 33.8. The first-order valence-electron chi connectivity index (χ1n) is 13.9. The van der Waals surface area contributed by atoms with Crippen LogP contribution >= 0.6 is 0 Å². The number of rotatable bonds is 0. The van der Waals surface area contributed by atoms with Crippen molar-refractivity contribution in [2.45, 2.75) is 119 Å². The molecule has 5 rings (SSSR count). The number of aliphatic hydroxyl groups excluding tert-OH is 3. The Bertz CT molecular complexity index is 847. The van der Waals surface area contributed by atoms with Gasteiger partial charge in [-0.25, -0.2) is 0 Å². The molecule has 3 nitrogen and oxygen atoms in total. The molecule has 0 aromatic carbocycles. The monoisotopic (exact) mass is 458 g/mol. The summed E-state index contributed by atoms with van der Waals surface area (Å²) in [6.07, 6.45) is 8.51. The van der Waals surface area contributed by atoms with E-state index < -0.39 is 17.6 Å². The van der Waals surface area contributed by atoms with Gasteiger partial charge in [-0.3, -0.25) is 0 Å². The molecule has 0 aromatic heterocycles. The van der Waals surface area contributed by atoms with Gasteiger partial charge in [-0.1, -0.05) is 60.1 Å². The molecule has 5 unspecified atom stereocenters. The van der Waals surface area contributed by atoms with Gasteiger partial charge in [0.25, 0.3) is 0 Å². The highest BCUT2D eigenvalue weighted by Crippen LogP contribution is 2.76. The van der Waals surface area contributed by atoms with Crippen LogP contribution in [0.2, 0.25) is 0 Å². The minimum Gasteiger partial charge on any atom is -0.393 e. The highest BCUT2D eigenvalue weighted by Gasteiger charge is 2.71. The fraction of sp³-hybridized carbons (Fsp3) is 0.933. The lowest BCUT2D eigenvalue weighted by molar-refractivity contribution is -0.276. The standard InChI is InChI=1S/C30H50O3/c1-17-15-23(32)30(8)24(33)16-29(7)19(25(30)18(17)2)9-10-21-27(5)13-12-22(31)26(3,4)20(27)11-14-28(21,29)6/h15,18-25,31-33H,9-14,16H2,1-8H3/t18?,19?,20?,21?,22-,23-,24-,25?,27-,28+,29+,30+/m0/s1. The van der Waals surface area contributed by atoms with E-state index in [-0.39, 0.29) is 27.8 Å². The molecule has 3 N–H and O–H groups in total. The van der Waals surface area contributed by atoms with Gasteiger partial charge < -0.3 is 15.3 Å². The van der Waals surface area contributed by atoms with E-state index in [2.05, 4.69) is 55.4 Å². The third kappa shape index (κ3) is 2.74. The Morgan fingerprint density at radius 3 is 2.12 bits per heavy atom. The predicted octanol–water partition coefficient (Wildman–Crippen LogP) is 5.97.